The lowest BCUT2D eigenvalue weighted by Crippen LogP contribution is -2.54. The van der Waals surface area contributed by atoms with E-state index in [0.717, 1.165) is 0 Å². The molecule has 3 N–H and O–H groups in total. The summed E-state index contributed by atoms with van der Waals surface area (Å²) < 4.78 is 37.2. The smallest absolute Gasteiger partial charge is 0.244 e. The van der Waals surface area contributed by atoms with Crippen LogP contribution in [0.4, 0.5) is 5.69 Å². The van der Waals surface area contributed by atoms with Crippen LogP contribution in [0.15, 0.2) is 29.2 Å². The molecule has 3 rings (SSSR count). The molecule has 10 heteroatoms. The minimum absolute atomic E-state index is 0. The van der Waals surface area contributed by atoms with Gasteiger partial charge < -0.3 is 20.5 Å². The highest BCUT2D eigenvalue weighted by molar-refractivity contribution is 7.89. The number of hydrogen-bond acceptors (Lipinski definition) is 6. The third-order valence-electron chi connectivity index (χ3n) is 4.54. The highest BCUT2D eigenvalue weighted by Crippen LogP contribution is 2.23. The molecule has 0 bridgehead atoms. The molecule has 2 fully saturated rings. The Labute approximate surface area is 159 Å². The molecule has 26 heavy (non-hydrogen) atoms. The van der Waals surface area contributed by atoms with Crippen molar-refractivity contribution in [2.45, 2.75) is 23.3 Å². The average molecular weight is 406 g/mol. The quantitative estimate of drug-likeness (QED) is 0.757. The van der Waals surface area contributed by atoms with Crippen molar-refractivity contribution in [1.29, 1.82) is 0 Å². The Morgan fingerprint density at radius 2 is 1.73 bits per heavy atom. The van der Waals surface area contributed by atoms with Gasteiger partial charge >= 0.3 is 0 Å². The van der Waals surface area contributed by atoms with Gasteiger partial charge in [-0.05, 0) is 31.0 Å². The maximum atomic E-state index is 12.7. The van der Waals surface area contributed by atoms with Gasteiger partial charge in [0.1, 0.15) is 5.54 Å². The number of amides is 1. The van der Waals surface area contributed by atoms with Gasteiger partial charge in [-0.2, -0.15) is 4.31 Å². The van der Waals surface area contributed by atoms with E-state index in [1.807, 2.05) is 0 Å². The predicted octanol–water partition coefficient (Wildman–Crippen LogP) is 0.576. The van der Waals surface area contributed by atoms with E-state index in [2.05, 4.69) is 5.32 Å². The molecule has 0 atom stereocenters. The van der Waals surface area contributed by atoms with Gasteiger partial charge in [0, 0.05) is 32.0 Å². The Morgan fingerprint density at radius 3 is 2.38 bits per heavy atom. The normalized spacial score (nSPS) is 20.8. The SMILES string of the molecule is Cl.NC1(C(=O)Nc2cccc(S(=O)(=O)N3CCOCC3)c2)CCOCC1. The molecular weight excluding hydrogens is 382 g/mol. The zero-order valence-corrected chi connectivity index (χ0v) is 16.0. The van der Waals surface area contributed by atoms with Crippen molar-refractivity contribution in [3.8, 4) is 0 Å². The van der Waals surface area contributed by atoms with Crippen molar-refractivity contribution in [1.82, 2.24) is 4.31 Å². The first-order valence-corrected chi connectivity index (χ1v) is 9.72. The molecule has 146 valence electrons. The summed E-state index contributed by atoms with van der Waals surface area (Å²) in [5.41, 5.74) is 5.58. The molecule has 0 saturated carbocycles. The molecule has 2 aliphatic rings. The second kappa shape index (κ2) is 8.64. The monoisotopic (exact) mass is 405 g/mol. The highest BCUT2D eigenvalue weighted by Gasteiger charge is 2.36. The summed E-state index contributed by atoms with van der Waals surface area (Å²) in [4.78, 5) is 12.6. The first kappa shape index (κ1) is 21.1. The van der Waals surface area contributed by atoms with E-state index < -0.39 is 15.6 Å². The molecular formula is C16H24ClN3O5S. The second-order valence-corrected chi connectivity index (χ2v) is 8.20. The predicted molar refractivity (Wildman–Crippen MR) is 98.9 cm³/mol. The molecule has 0 radical (unpaired) electrons. The van der Waals surface area contributed by atoms with Crippen molar-refractivity contribution in [2.24, 2.45) is 5.73 Å². The van der Waals surface area contributed by atoms with Gasteiger partial charge in [-0.1, -0.05) is 6.07 Å². The summed E-state index contributed by atoms with van der Waals surface area (Å²) in [6.07, 6.45) is 0.870. The number of nitrogens with zero attached hydrogens (tertiary/aromatic N) is 1. The lowest BCUT2D eigenvalue weighted by atomic mass is 9.90. The molecule has 2 saturated heterocycles. The molecule has 1 aromatic carbocycles. The summed E-state index contributed by atoms with van der Waals surface area (Å²) in [5.74, 6) is -0.322. The van der Waals surface area contributed by atoms with Gasteiger partial charge in [0.05, 0.1) is 18.1 Å². The minimum atomic E-state index is -3.61. The van der Waals surface area contributed by atoms with Crippen molar-refractivity contribution in [2.75, 3.05) is 44.8 Å². The molecule has 2 aliphatic heterocycles. The molecule has 2 heterocycles. The number of benzene rings is 1. The fraction of sp³-hybridized carbons (Fsp3) is 0.562. The van der Waals surface area contributed by atoms with E-state index in [4.69, 9.17) is 15.2 Å². The van der Waals surface area contributed by atoms with Gasteiger partial charge in [-0.25, -0.2) is 8.42 Å². The van der Waals surface area contributed by atoms with E-state index in [9.17, 15) is 13.2 Å². The summed E-state index contributed by atoms with van der Waals surface area (Å²) in [6.45, 7) is 2.29. The fourth-order valence-corrected chi connectivity index (χ4v) is 4.34. The number of rotatable bonds is 4. The summed E-state index contributed by atoms with van der Waals surface area (Å²) >= 11 is 0. The number of hydrogen-bond donors (Lipinski definition) is 2. The van der Waals surface area contributed by atoms with Crippen LogP contribution in [0.5, 0.6) is 0 Å². The molecule has 0 aromatic heterocycles. The Bertz CT molecular complexity index is 731. The first-order chi connectivity index (χ1) is 11.9. The van der Waals surface area contributed by atoms with Crippen LogP contribution in [0.2, 0.25) is 0 Å². The van der Waals surface area contributed by atoms with Gasteiger partial charge in [-0.15, -0.1) is 12.4 Å². The Kier molecular flexibility index (Phi) is 7.00. The Hall–Kier alpha value is -1.23. The molecule has 8 nitrogen and oxygen atoms in total. The summed E-state index contributed by atoms with van der Waals surface area (Å²) in [5, 5.41) is 2.74. The first-order valence-electron chi connectivity index (χ1n) is 8.28. The van der Waals surface area contributed by atoms with Crippen molar-refractivity contribution in [3.05, 3.63) is 24.3 Å². The number of nitrogens with two attached hydrogens (primary N) is 1. The third kappa shape index (κ3) is 4.54. The van der Waals surface area contributed by atoms with Crippen molar-refractivity contribution in [3.63, 3.8) is 0 Å². The lowest BCUT2D eigenvalue weighted by molar-refractivity contribution is -0.124. The number of sulfonamides is 1. The molecule has 1 aromatic rings. The van der Waals surface area contributed by atoms with E-state index in [0.29, 0.717) is 58.0 Å². The van der Waals surface area contributed by atoms with Crippen LogP contribution < -0.4 is 11.1 Å². The molecule has 0 aliphatic carbocycles. The van der Waals surface area contributed by atoms with Crippen LogP contribution in [0.1, 0.15) is 12.8 Å². The maximum Gasteiger partial charge on any atom is 0.244 e. The van der Waals surface area contributed by atoms with Gasteiger partial charge in [0.15, 0.2) is 0 Å². The lowest BCUT2D eigenvalue weighted by Gasteiger charge is -2.31. The second-order valence-electron chi connectivity index (χ2n) is 6.27. The van der Waals surface area contributed by atoms with Crippen LogP contribution in [0.25, 0.3) is 0 Å². The number of carbonyl (C=O) groups excluding carboxylic acids is 1. The topological polar surface area (TPSA) is 111 Å². The number of carbonyl (C=O) groups is 1. The van der Waals surface area contributed by atoms with Gasteiger partial charge in [0.2, 0.25) is 15.9 Å². The fourth-order valence-electron chi connectivity index (χ4n) is 2.89. The standard InChI is InChI=1S/C16H23N3O5S.ClH/c17-16(4-8-23-9-5-16)15(20)18-13-2-1-3-14(12-13)25(21,22)19-6-10-24-11-7-19;/h1-3,12H,4-11,17H2,(H,18,20);1H. The average Bonchev–Trinajstić information content (AvgIpc) is 2.63. The molecule has 0 unspecified atom stereocenters. The Morgan fingerprint density at radius 1 is 1.12 bits per heavy atom. The van der Waals surface area contributed by atoms with Crippen LogP contribution in [0, 0.1) is 0 Å². The van der Waals surface area contributed by atoms with E-state index in [1.165, 1.54) is 16.4 Å². The number of anilines is 1. The van der Waals surface area contributed by atoms with Crippen molar-refractivity contribution >= 4 is 34.0 Å². The number of morpholine rings is 1. The largest absolute Gasteiger partial charge is 0.381 e. The Balaban J connectivity index is 0.00000243. The van der Waals surface area contributed by atoms with Gasteiger partial charge in [0.25, 0.3) is 0 Å². The van der Waals surface area contributed by atoms with E-state index in [1.54, 1.807) is 12.1 Å². The molecule has 0 spiro atoms. The van der Waals surface area contributed by atoms with Crippen LogP contribution in [-0.4, -0.2) is 63.7 Å². The molecule has 1 amide bonds. The number of ether oxygens (including phenoxy) is 2. The van der Waals surface area contributed by atoms with Crippen molar-refractivity contribution < 1.29 is 22.7 Å². The van der Waals surface area contributed by atoms with E-state index in [-0.39, 0.29) is 23.2 Å². The number of halogens is 1. The minimum Gasteiger partial charge on any atom is -0.381 e. The van der Waals surface area contributed by atoms with Crippen LogP contribution >= 0.6 is 12.4 Å². The summed E-state index contributed by atoms with van der Waals surface area (Å²) in [7, 11) is -3.61. The zero-order chi connectivity index (χ0) is 17.9. The third-order valence-corrected chi connectivity index (χ3v) is 6.43. The van der Waals surface area contributed by atoms with Crippen LogP contribution in [-0.2, 0) is 24.3 Å². The van der Waals surface area contributed by atoms with Gasteiger partial charge in [-0.3, -0.25) is 4.79 Å². The highest BCUT2D eigenvalue weighted by atomic mass is 35.5. The van der Waals surface area contributed by atoms with E-state index >= 15 is 0 Å². The summed E-state index contributed by atoms with van der Waals surface area (Å²) in [6, 6.07) is 6.24. The number of nitrogens with one attached hydrogen (secondary N) is 1. The van der Waals surface area contributed by atoms with Crippen LogP contribution in [0.3, 0.4) is 0 Å². The zero-order valence-electron chi connectivity index (χ0n) is 14.3. The maximum absolute atomic E-state index is 12.7.